The van der Waals surface area contributed by atoms with E-state index in [-0.39, 0.29) is 0 Å². The maximum absolute atomic E-state index is 7.04. The molecule has 0 radical (unpaired) electrons. The molecular formula is C12H18N6. The van der Waals surface area contributed by atoms with E-state index in [4.69, 9.17) is 16.6 Å². The molecule has 0 saturated heterocycles. The van der Waals surface area contributed by atoms with Crippen molar-refractivity contribution in [2.24, 2.45) is 15.3 Å². The van der Waals surface area contributed by atoms with Crippen LogP contribution >= 0.6 is 0 Å². The summed E-state index contributed by atoms with van der Waals surface area (Å²) >= 11 is 0. The molecule has 0 aliphatic heterocycles. The Hall–Kier alpha value is -1.98. The highest BCUT2D eigenvalue weighted by Gasteiger charge is 2.16. The predicted molar refractivity (Wildman–Crippen MR) is 67.2 cm³/mol. The van der Waals surface area contributed by atoms with Crippen molar-refractivity contribution in [3.63, 3.8) is 0 Å². The Labute approximate surface area is 106 Å². The van der Waals surface area contributed by atoms with Gasteiger partial charge < -0.3 is 0 Å². The first-order chi connectivity index (χ1) is 8.58. The second kappa shape index (κ2) is 6.09. The van der Waals surface area contributed by atoms with Gasteiger partial charge in [-0.15, -0.1) is 0 Å². The van der Waals surface area contributed by atoms with Gasteiger partial charge >= 0.3 is 0 Å². The van der Waals surface area contributed by atoms with Gasteiger partial charge in [-0.1, -0.05) is 0 Å². The second-order valence-corrected chi connectivity index (χ2v) is 4.26. The predicted octanol–water partition coefficient (Wildman–Crippen LogP) is 4.20. The number of hydrogen-bond acceptors (Lipinski definition) is 6. The van der Waals surface area contributed by atoms with E-state index in [1.54, 1.807) is 0 Å². The number of nitrogens with one attached hydrogen (secondary N) is 3. The van der Waals surface area contributed by atoms with Gasteiger partial charge in [-0.05, 0) is 54.2 Å². The largest absolute Gasteiger partial charge is 0.210 e. The van der Waals surface area contributed by atoms with Crippen molar-refractivity contribution < 1.29 is 0 Å². The zero-order valence-electron chi connectivity index (χ0n) is 11.0. The van der Waals surface area contributed by atoms with Crippen LogP contribution in [0.5, 0.6) is 0 Å². The van der Waals surface area contributed by atoms with E-state index in [1.165, 1.54) is 0 Å². The van der Waals surface area contributed by atoms with E-state index in [0.29, 0.717) is 19.6 Å². The quantitative estimate of drug-likeness (QED) is 0.625. The first-order valence-electron chi connectivity index (χ1n) is 5.68. The Morgan fingerprint density at radius 3 is 1.00 bits per heavy atom. The maximum Gasteiger partial charge on any atom is 0.0852 e. The minimum Gasteiger partial charge on any atom is -0.210 e. The third kappa shape index (κ3) is 2.47. The highest BCUT2D eigenvalue weighted by molar-refractivity contribution is 5.50. The molecule has 0 atom stereocenters. The Morgan fingerprint density at radius 1 is 0.611 bits per heavy atom. The van der Waals surface area contributed by atoms with Crippen LogP contribution in [0.4, 0.5) is 0 Å². The first-order valence-corrected chi connectivity index (χ1v) is 5.68. The lowest BCUT2D eigenvalue weighted by molar-refractivity contribution is 0.829. The third-order valence-electron chi connectivity index (χ3n) is 3.43. The fourth-order valence-corrected chi connectivity index (χ4v) is 2.34. The van der Waals surface area contributed by atoms with Crippen molar-refractivity contribution in [3.05, 3.63) is 33.4 Å². The molecule has 6 nitrogen and oxygen atoms in total. The van der Waals surface area contributed by atoms with Crippen LogP contribution in [0.15, 0.2) is 15.3 Å². The van der Waals surface area contributed by atoms with E-state index >= 15 is 0 Å². The highest BCUT2D eigenvalue weighted by Crippen LogP contribution is 2.29. The van der Waals surface area contributed by atoms with Gasteiger partial charge in [-0.2, -0.15) is 15.3 Å². The van der Waals surface area contributed by atoms with Gasteiger partial charge in [0, 0.05) is 0 Å². The molecule has 18 heavy (non-hydrogen) atoms. The van der Waals surface area contributed by atoms with Crippen LogP contribution in [0.25, 0.3) is 0 Å². The lowest BCUT2D eigenvalue weighted by Gasteiger charge is -2.19. The lowest BCUT2D eigenvalue weighted by atomic mass is 9.88. The molecule has 0 saturated carbocycles. The van der Waals surface area contributed by atoms with Gasteiger partial charge in [-0.25, -0.2) is 16.6 Å². The fraction of sp³-hybridized carbons (Fsp3) is 0.500. The van der Waals surface area contributed by atoms with Crippen molar-refractivity contribution in [3.8, 4) is 0 Å². The van der Waals surface area contributed by atoms with Crippen molar-refractivity contribution in [1.29, 1.82) is 16.6 Å². The molecule has 0 amide bonds. The van der Waals surface area contributed by atoms with Crippen LogP contribution in [0, 0.1) is 37.4 Å². The molecule has 1 rings (SSSR count). The molecule has 1 aromatic rings. The highest BCUT2D eigenvalue weighted by atomic mass is 15.0. The summed E-state index contributed by atoms with van der Waals surface area (Å²) in [6, 6.07) is 0. The number of rotatable bonds is 6. The molecule has 0 heterocycles. The smallest absolute Gasteiger partial charge is 0.0852 e. The normalized spacial score (nSPS) is 10.2. The van der Waals surface area contributed by atoms with Gasteiger partial charge in [0.15, 0.2) is 0 Å². The molecule has 0 aliphatic rings. The minimum absolute atomic E-state index is 0.327. The summed E-state index contributed by atoms with van der Waals surface area (Å²) in [5.41, 5.74) is 27.2. The summed E-state index contributed by atoms with van der Waals surface area (Å²) in [6.45, 7) is 6.91. The summed E-state index contributed by atoms with van der Waals surface area (Å²) in [4.78, 5) is 0. The summed E-state index contributed by atoms with van der Waals surface area (Å²) < 4.78 is 0. The van der Waals surface area contributed by atoms with Crippen LogP contribution in [-0.4, -0.2) is 0 Å². The molecule has 3 N–H and O–H groups in total. The zero-order chi connectivity index (χ0) is 13.7. The summed E-state index contributed by atoms with van der Waals surface area (Å²) in [5, 5.41) is 10.4. The fourth-order valence-electron chi connectivity index (χ4n) is 2.34. The number of benzene rings is 1. The summed E-state index contributed by atoms with van der Waals surface area (Å²) in [7, 11) is 0. The molecule has 0 bridgehead atoms. The monoisotopic (exact) mass is 246 g/mol. The Balaban J connectivity index is 3.56. The molecule has 96 valence electrons. The molecule has 6 heteroatoms. The summed E-state index contributed by atoms with van der Waals surface area (Å²) in [6.07, 6.45) is 0. The van der Waals surface area contributed by atoms with E-state index in [9.17, 15) is 0 Å². The lowest BCUT2D eigenvalue weighted by Crippen LogP contribution is -2.06. The third-order valence-corrected chi connectivity index (χ3v) is 3.43. The van der Waals surface area contributed by atoms with Crippen molar-refractivity contribution in [1.82, 2.24) is 0 Å². The first kappa shape index (κ1) is 14.1. The topological polar surface area (TPSA) is 109 Å². The van der Waals surface area contributed by atoms with Gasteiger partial charge in [0.25, 0.3) is 0 Å². The zero-order valence-corrected chi connectivity index (χ0v) is 11.0. The summed E-state index contributed by atoms with van der Waals surface area (Å²) in [5.74, 6) is 0. The Kier molecular flexibility index (Phi) is 4.76. The van der Waals surface area contributed by atoms with Crippen molar-refractivity contribution in [2.45, 2.75) is 40.4 Å². The SMILES string of the molecule is Cc1c(CN=N)c(C)c(CN=N)c(C)c1CN=N. The van der Waals surface area contributed by atoms with E-state index < -0.39 is 0 Å². The molecule has 0 fully saturated rings. The van der Waals surface area contributed by atoms with Crippen molar-refractivity contribution >= 4 is 0 Å². The standard InChI is InChI=1S/C12H18N6/c1-7-10(4-16-13)8(2)12(6-18-15)9(3)11(7)5-17-14/h13-15H,4-6H2,1-3H3. The second-order valence-electron chi connectivity index (χ2n) is 4.26. The van der Waals surface area contributed by atoms with Crippen LogP contribution in [0.1, 0.15) is 33.4 Å². The van der Waals surface area contributed by atoms with E-state index in [0.717, 1.165) is 33.4 Å². The van der Waals surface area contributed by atoms with Gasteiger partial charge in [0.05, 0.1) is 19.6 Å². The Morgan fingerprint density at radius 2 is 0.833 bits per heavy atom. The molecule has 0 spiro atoms. The van der Waals surface area contributed by atoms with E-state index in [1.807, 2.05) is 20.8 Å². The number of hydrogen-bond donors (Lipinski definition) is 3. The molecule has 0 aromatic heterocycles. The maximum atomic E-state index is 7.04. The average Bonchev–Trinajstić information content (AvgIpc) is 2.35. The van der Waals surface area contributed by atoms with E-state index in [2.05, 4.69) is 15.3 Å². The van der Waals surface area contributed by atoms with Gasteiger partial charge in [0.1, 0.15) is 0 Å². The molecule has 1 aromatic carbocycles. The Bertz CT molecular complexity index is 399. The van der Waals surface area contributed by atoms with Crippen molar-refractivity contribution in [2.75, 3.05) is 0 Å². The van der Waals surface area contributed by atoms with Crippen LogP contribution in [-0.2, 0) is 19.6 Å². The molecule has 0 aliphatic carbocycles. The van der Waals surface area contributed by atoms with Crippen LogP contribution in [0.2, 0.25) is 0 Å². The molecular weight excluding hydrogens is 228 g/mol. The van der Waals surface area contributed by atoms with Crippen LogP contribution in [0.3, 0.4) is 0 Å². The average molecular weight is 246 g/mol. The van der Waals surface area contributed by atoms with Gasteiger partial charge in [0.2, 0.25) is 0 Å². The number of nitrogens with zero attached hydrogens (tertiary/aromatic N) is 3. The minimum atomic E-state index is 0.327. The molecule has 0 unspecified atom stereocenters. The van der Waals surface area contributed by atoms with Crippen LogP contribution < -0.4 is 0 Å². The van der Waals surface area contributed by atoms with Gasteiger partial charge in [-0.3, -0.25) is 0 Å².